The summed E-state index contributed by atoms with van der Waals surface area (Å²) in [6, 6.07) is 6.07. The Morgan fingerprint density at radius 3 is 2.88 bits per heavy atom. The molecule has 1 saturated carbocycles. The second-order valence-electron chi connectivity index (χ2n) is 7.51. The molecule has 6 heteroatoms. The van der Waals surface area contributed by atoms with E-state index in [1.165, 1.54) is 30.4 Å². The van der Waals surface area contributed by atoms with Crippen molar-refractivity contribution < 1.29 is 9.18 Å². The van der Waals surface area contributed by atoms with Gasteiger partial charge in [-0.3, -0.25) is 0 Å². The molecule has 1 unspecified atom stereocenters. The van der Waals surface area contributed by atoms with Gasteiger partial charge in [0.1, 0.15) is 11.6 Å². The SMILES string of the molecule is Cc1cnc(C2CC2)n1CC1CCCN(C(=O)Nc2ccccc2F)C1. The van der Waals surface area contributed by atoms with Crippen LogP contribution in [0.25, 0.3) is 0 Å². The Bertz CT molecular complexity index is 799. The lowest BCUT2D eigenvalue weighted by Gasteiger charge is -2.33. The summed E-state index contributed by atoms with van der Waals surface area (Å²) >= 11 is 0. The number of hydrogen-bond donors (Lipinski definition) is 1. The van der Waals surface area contributed by atoms with Gasteiger partial charge in [0.2, 0.25) is 0 Å². The van der Waals surface area contributed by atoms with E-state index in [0.717, 1.165) is 25.9 Å². The fraction of sp³-hybridized carbons (Fsp3) is 0.500. The molecule has 1 N–H and O–H groups in total. The molecular weight excluding hydrogens is 331 g/mol. The Hall–Kier alpha value is -2.37. The van der Waals surface area contributed by atoms with Gasteiger partial charge in [0, 0.05) is 37.4 Å². The maximum Gasteiger partial charge on any atom is 0.321 e. The van der Waals surface area contributed by atoms with Gasteiger partial charge < -0.3 is 14.8 Å². The Morgan fingerprint density at radius 2 is 2.12 bits per heavy atom. The lowest BCUT2D eigenvalue weighted by molar-refractivity contribution is 0.169. The van der Waals surface area contributed by atoms with E-state index in [0.29, 0.717) is 18.4 Å². The molecule has 1 aromatic heterocycles. The molecule has 0 bridgehead atoms. The Labute approximate surface area is 153 Å². The molecule has 2 fully saturated rings. The van der Waals surface area contributed by atoms with Crippen LogP contribution in [0.2, 0.25) is 0 Å². The van der Waals surface area contributed by atoms with Gasteiger partial charge in [-0.1, -0.05) is 12.1 Å². The highest BCUT2D eigenvalue weighted by atomic mass is 19.1. The number of anilines is 1. The molecule has 2 heterocycles. The highest BCUT2D eigenvalue weighted by molar-refractivity contribution is 5.89. The molecule has 1 aliphatic heterocycles. The number of imidazole rings is 1. The Kier molecular flexibility index (Phi) is 4.66. The molecule has 2 amide bonds. The number of nitrogens with one attached hydrogen (secondary N) is 1. The second-order valence-corrected chi connectivity index (χ2v) is 7.51. The number of urea groups is 1. The number of benzene rings is 1. The molecule has 2 aliphatic rings. The summed E-state index contributed by atoms with van der Waals surface area (Å²) in [5.41, 5.74) is 1.43. The number of amides is 2. The maximum absolute atomic E-state index is 13.8. The first-order chi connectivity index (χ1) is 12.6. The number of aromatic nitrogens is 2. The Balaban J connectivity index is 1.40. The predicted octanol–water partition coefficient (Wildman–Crippen LogP) is 4.15. The first kappa shape index (κ1) is 17.1. The number of carbonyl (C=O) groups is 1. The number of rotatable bonds is 4. The molecule has 1 atom stereocenters. The van der Waals surface area contributed by atoms with Gasteiger partial charge in [-0.2, -0.15) is 0 Å². The van der Waals surface area contributed by atoms with Crippen molar-refractivity contribution in [3.05, 3.63) is 47.8 Å². The summed E-state index contributed by atoms with van der Waals surface area (Å²) in [5, 5.41) is 2.70. The molecule has 0 spiro atoms. The minimum atomic E-state index is -0.405. The largest absolute Gasteiger partial charge is 0.332 e. The smallest absolute Gasteiger partial charge is 0.321 e. The third-order valence-corrected chi connectivity index (χ3v) is 5.39. The van der Waals surface area contributed by atoms with Gasteiger partial charge in [0.05, 0.1) is 5.69 Å². The van der Waals surface area contributed by atoms with Gasteiger partial charge in [-0.15, -0.1) is 0 Å². The van der Waals surface area contributed by atoms with E-state index in [-0.39, 0.29) is 11.7 Å². The molecule has 1 aromatic carbocycles. The fourth-order valence-corrected chi connectivity index (χ4v) is 3.80. The third-order valence-electron chi connectivity index (χ3n) is 5.39. The van der Waals surface area contributed by atoms with Gasteiger partial charge in [0.15, 0.2) is 0 Å². The molecular formula is C20H25FN4O. The van der Waals surface area contributed by atoms with E-state index in [4.69, 9.17) is 0 Å². The van der Waals surface area contributed by atoms with Crippen LogP contribution in [-0.2, 0) is 6.54 Å². The van der Waals surface area contributed by atoms with Gasteiger partial charge >= 0.3 is 6.03 Å². The van der Waals surface area contributed by atoms with Crippen LogP contribution >= 0.6 is 0 Å². The molecule has 1 saturated heterocycles. The molecule has 2 aromatic rings. The number of aryl methyl sites for hydroxylation is 1. The molecule has 5 nitrogen and oxygen atoms in total. The maximum atomic E-state index is 13.8. The standard InChI is InChI=1S/C20H25FN4O/c1-14-11-22-19(16-8-9-16)25(14)13-15-5-4-10-24(12-15)20(26)23-18-7-3-2-6-17(18)21/h2-3,6-7,11,15-16H,4-5,8-10,12-13H2,1H3,(H,23,26). The minimum absolute atomic E-state index is 0.218. The van der Waals surface area contributed by atoms with E-state index in [2.05, 4.69) is 21.8 Å². The van der Waals surface area contributed by atoms with Crippen molar-refractivity contribution in [3.63, 3.8) is 0 Å². The molecule has 0 radical (unpaired) electrons. The number of hydrogen-bond acceptors (Lipinski definition) is 2. The molecule has 138 valence electrons. The van der Waals surface area contributed by atoms with Crippen LogP contribution in [-0.4, -0.2) is 33.6 Å². The monoisotopic (exact) mass is 356 g/mol. The van der Waals surface area contributed by atoms with Crippen LogP contribution in [0, 0.1) is 18.7 Å². The van der Waals surface area contributed by atoms with E-state index >= 15 is 0 Å². The lowest BCUT2D eigenvalue weighted by atomic mass is 9.98. The predicted molar refractivity (Wildman–Crippen MR) is 98.7 cm³/mol. The summed E-state index contributed by atoms with van der Waals surface area (Å²) in [7, 11) is 0. The first-order valence-electron chi connectivity index (χ1n) is 9.44. The van der Waals surface area contributed by atoms with Crippen molar-refractivity contribution in [2.75, 3.05) is 18.4 Å². The Morgan fingerprint density at radius 1 is 1.31 bits per heavy atom. The average molecular weight is 356 g/mol. The van der Waals surface area contributed by atoms with Crippen LogP contribution in [0.1, 0.15) is 43.1 Å². The van der Waals surface area contributed by atoms with Crippen LogP contribution < -0.4 is 5.32 Å². The van der Waals surface area contributed by atoms with Crippen LogP contribution in [0.3, 0.4) is 0 Å². The second kappa shape index (κ2) is 7.09. The number of likely N-dealkylation sites (tertiary alicyclic amines) is 1. The fourth-order valence-electron chi connectivity index (χ4n) is 3.80. The summed E-state index contributed by atoms with van der Waals surface area (Å²) in [6.45, 7) is 4.42. The van der Waals surface area contributed by atoms with Crippen molar-refractivity contribution in [2.24, 2.45) is 5.92 Å². The topological polar surface area (TPSA) is 50.2 Å². The highest BCUT2D eigenvalue weighted by Gasteiger charge is 2.31. The summed E-state index contributed by atoms with van der Waals surface area (Å²) in [5.74, 6) is 1.82. The van der Waals surface area contributed by atoms with Crippen LogP contribution in [0.4, 0.5) is 14.9 Å². The number of halogens is 1. The van der Waals surface area contributed by atoms with E-state index < -0.39 is 5.82 Å². The first-order valence-corrected chi connectivity index (χ1v) is 9.44. The van der Waals surface area contributed by atoms with Crippen molar-refractivity contribution >= 4 is 11.7 Å². The zero-order valence-corrected chi connectivity index (χ0v) is 15.1. The quantitative estimate of drug-likeness (QED) is 0.895. The number of piperidine rings is 1. The number of nitrogens with zero attached hydrogens (tertiary/aromatic N) is 3. The normalized spacial score (nSPS) is 20.2. The molecule has 4 rings (SSSR count). The minimum Gasteiger partial charge on any atom is -0.332 e. The number of para-hydroxylation sites is 1. The van der Waals surface area contributed by atoms with Crippen molar-refractivity contribution in [1.82, 2.24) is 14.5 Å². The van der Waals surface area contributed by atoms with Crippen molar-refractivity contribution in [3.8, 4) is 0 Å². The van der Waals surface area contributed by atoms with Crippen LogP contribution in [0.15, 0.2) is 30.5 Å². The molecule has 26 heavy (non-hydrogen) atoms. The van der Waals surface area contributed by atoms with Crippen LogP contribution in [0.5, 0.6) is 0 Å². The van der Waals surface area contributed by atoms with E-state index in [1.54, 1.807) is 18.2 Å². The average Bonchev–Trinajstić information content (AvgIpc) is 3.42. The van der Waals surface area contributed by atoms with Gasteiger partial charge in [-0.05, 0) is 50.7 Å². The zero-order valence-electron chi connectivity index (χ0n) is 15.1. The zero-order chi connectivity index (χ0) is 18.1. The van der Waals surface area contributed by atoms with Crippen molar-refractivity contribution in [1.29, 1.82) is 0 Å². The summed E-state index contributed by atoms with van der Waals surface area (Å²) in [6.07, 6.45) is 6.50. The van der Waals surface area contributed by atoms with Gasteiger partial charge in [0.25, 0.3) is 0 Å². The van der Waals surface area contributed by atoms with Crippen molar-refractivity contribution in [2.45, 2.75) is 45.1 Å². The highest BCUT2D eigenvalue weighted by Crippen LogP contribution is 2.40. The summed E-state index contributed by atoms with van der Waals surface area (Å²) in [4.78, 5) is 18.9. The number of carbonyl (C=O) groups excluding carboxylic acids is 1. The van der Waals surface area contributed by atoms with Gasteiger partial charge in [-0.25, -0.2) is 14.2 Å². The molecule has 1 aliphatic carbocycles. The third kappa shape index (κ3) is 3.59. The van der Waals surface area contributed by atoms with E-state index in [1.807, 2.05) is 11.1 Å². The van der Waals surface area contributed by atoms with E-state index in [9.17, 15) is 9.18 Å². The summed E-state index contributed by atoms with van der Waals surface area (Å²) < 4.78 is 16.1. The lowest BCUT2D eigenvalue weighted by Crippen LogP contribution is -2.43.